The van der Waals surface area contributed by atoms with Crippen LogP contribution in [0, 0.1) is 5.41 Å². The van der Waals surface area contributed by atoms with Gasteiger partial charge in [-0.25, -0.2) is 0 Å². The van der Waals surface area contributed by atoms with E-state index >= 15 is 0 Å². The van der Waals surface area contributed by atoms with Crippen molar-refractivity contribution in [2.24, 2.45) is 11.1 Å². The quantitative estimate of drug-likeness (QED) is 0.686. The zero-order valence-corrected chi connectivity index (χ0v) is 10.1. The molecule has 0 aromatic rings. The summed E-state index contributed by atoms with van der Waals surface area (Å²) in [6.45, 7) is 3.59. The van der Waals surface area contributed by atoms with Crippen molar-refractivity contribution in [2.75, 3.05) is 13.1 Å². The average molecular weight is 222 g/mol. The third-order valence-corrected chi connectivity index (χ3v) is 3.92. The van der Waals surface area contributed by atoms with E-state index in [4.69, 9.17) is 5.73 Å². The van der Waals surface area contributed by atoms with Crippen LogP contribution in [0.4, 0.5) is 0 Å². The molecule has 1 spiro atoms. The molecule has 1 aliphatic carbocycles. The van der Waals surface area contributed by atoms with Crippen LogP contribution in [0.2, 0.25) is 0 Å². The van der Waals surface area contributed by atoms with Gasteiger partial charge in [0.15, 0.2) is 0 Å². The monoisotopic (exact) mass is 222 g/mol. The first-order valence-electron chi connectivity index (χ1n) is 6.32. The highest BCUT2D eigenvalue weighted by atomic mass is 16.2. The van der Waals surface area contributed by atoms with Crippen LogP contribution < -0.4 is 5.73 Å². The Balaban J connectivity index is 2.03. The smallest absolute Gasteiger partial charge is 0.239 e. The lowest BCUT2D eigenvalue weighted by Gasteiger charge is -2.44. The van der Waals surface area contributed by atoms with Crippen molar-refractivity contribution < 1.29 is 4.79 Å². The van der Waals surface area contributed by atoms with Crippen molar-refractivity contribution in [1.82, 2.24) is 4.90 Å². The Kier molecular flexibility index (Phi) is 3.33. The normalized spacial score (nSPS) is 31.8. The largest absolute Gasteiger partial charge is 0.341 e. The SMILES string of the molecule is C[C@@H](N)C(=O)N1CCC[C@]2(CC=CCC2)C1. The minimum atomic E-state index is -0.353. The molecule has 3 nitrogen and oxygen atoms in total. The van der Waals surface area contributed by atoms with Gasteiger partial charge in [0.25, 0.3) is 0 Å². The second-order valence-corrected chi connectivity index (χ2v) is 5.37. The van der Waals surface area contributed by atoms with E-state index in [9.17, 15) is 4.79 Å². The van der Waals surface area contributed by atoms with E-state index in [0.29, 0.717) is 5.41 Å². The number of nitrogens with two attached hydrogens (primary N) is 1. The molecular formula is C13H22N2O. The molecule has 0 aromatic carbocycles. The summed E-state index contributed by atoms with van der Waals surface area (Å²) >= 11 is 0. The van der Waals surface area contributed by atoms with E-state index in [1.807, 2.05) is 4.90 Å². The fourth-order valence-corrected chi connectivity index (χ4v) is 3.00. The maximum absolute atomic E-state index is 11.9. The van der Waals surface area contributed by atoms with E-state index in [1.54, 1.807) is 6.92 Å². The van der Waals surface area contributed by atoms with E-state index < -0.39 is 0 Å². The predicted octanol–water partition coefficient (Wildman–Crippen LogP) is 1.68. The summed E-state index contributed by atoms with van der Waals surface area (Å²) in [5.41, 5.74) is 6.04. The van der Waals surface area contributed by atoms with Gasteiger partial charge in [-0.15, -0.1) is 0 Å². The van der Waals surface area contributed by atoms with Gasteiger partial charge >= 0.3 is 0 Å². The molecule has 90 valence electrons. The molecule has 3 heteroatoms. The number of carbonyl (C=O) groups excluding carboxylic acids is 1. The lowest BCUT2D eigenvalue weighted by molar-refractivity contribution is -0.135. The Bertz CT molecular complexity index is 298. The summed E-state index contributed by atoms with van der Waals surface area (Å²) < 4.78 is 0. The lowest BCUT2D eigenvalue weighted by atomic mass is 9.71. The Hall–Kier alpha value is -0.830. The van der Waals surface area contributed by atoms with Gasteiger partial charge in [-0.2, -0.15) is 0 Å². The van der Waals surface area contributed by atoms with Crippen LogP contribution >= 0.6 is 0 Å². The minimum Gasteiger partial charge on any atom is -0.341 e. The highest BCUT2D eigenvalue weighted by Crippen LogP contribution is 2.40. The summed E-state index contributed by atoms with van der Waals surface area (Å²) in [7, 11) is 0. The lowest BCUT2D eigenvalue weighted by Crippen LogP contribution is -2.50. The van der Waals surface area contributed by atoms with E-state index in [-0.39, 0.29) is 11.9 Å². The fraction of sp³-hybridized carbons (Fsp3) is 0.769. The average Bonchev–Trinajstić information content (AvgIpc) is 2.29. The number of piperidine rings is 1. The van der Waals surface area contributed by atoms with Crippen LogP contribution in [0.15, 0.2) is 12.2 Å². The highest BCUT2D eigenvalue weighted by Gasteiger charge is 2.37. The molecule has 2 rings (SSSR count). The third kappa shape index (κ3) is 2.29. The Morgan fingerprint density at radius 1 is 1.44 bits per heavy atom. The minimum absolute atomic E-state index is 0.119. The Morgan fingerprint density at radius 3 is 2.88 bits per heavy atom. The second kappa shape index (κ2) is 4.58. The maximum Gasteiger partial charge on any atom is 0.239 e. The van der Waals surface area contributed by atoms with E-state index in [1.165, 1.54) is 19.3 Å². The van der Waals surface area contributed by atoms with Crippen LogP contribution in [0.5, 0.6) is 0 Å². The second-order valence-electron chi connectivity index (χ2n) is 5.37. The number of hydrogen-bond acceptors (Lipinski definition) is 2. The Morgan fingerprint density at radius 2 is 2.25 bits per heavy atom. The first-order valence-corrected chi connectivity index (χ1v) is 6.32. The number of allylic oxidation sites excluding steroid dienone is 2. The maximum atomic E-state index is 11.9. The molecule has 0 radical (unpaired) electrons. The molecule has 0 bridgehead atoms. The van der Waals surface area contributed by atoms with Crippen molar-refractivity contribution in [1.29, 1.82) is 0 Å². The van der Waals surface area contributed by atoms with Crippen LogP contribution in [0.1, 0.15) is 39.0 Å². The van der Waals surface area contributed by atoms with Crippen molar-refractivity contribution in [3.63, 3.8) is 0 Å². The topological polar surface area (TPSA) is 46.3 Å². The van der Waals surface area contributed by atoms with Gasteiger partial charge in [0.2, 0.25) is 5.91 Å². The molecule has 16 heavy (non-hydrogen) atoms. The van der Waals surface area contributed by atoms with Crippen molar-refractivity contribution in [3.8, 4) is 0 Å². The van der Waals surface area contributed by atoms with Gasteiger partial charge in [-0.05, 0) is 44.4 Å². The van der Waals surface area contributed by atoms with Gasteiger partial charge in [0.1, 0.15) is 0 Å². The number of amides is 1. The molecule has 1 aliphatic heterocycles. The molecule has 1 heterocycles. The first-order chi connectivity index (χ1) is 7.63. The molecule has 1 saturated heterocycles. The summed E-state index contributed by atoms with van der Waals surface area (Å²) in [4.78, 5) is 13.9. The molecule has 2 N–H and O–H groups in total. The molecule has 0 unspecified atom stereocenters. The number of likely N-dealkylation sites (tertiary alicyclic amines) is 1. The summed E-state index contributed by atoms with van der Waals surface area (Å²) in [6.07, 6.45) is 10.5. The third-order valence-electron chi connectivity index (χ3n) is 3.92. The first kappa shape index (κ1) is 11.6. The summed E-state index contributed by atoms with van der Waals surface area (Å²) in [6, 6.07) is -0.353. The van der Waals surface area contributed by atoms with Gasteiger partial charge in [0.05, 0.1) is 6.04 Å². The number of carbonyl (C=O) groups is 1. The van der Waals surface area contributed by atoms with E-state index in [2.05, 4.69) is 12.2 Å². The van der Waals surface area contributed by atoms with Gasteiger partial charge in [-0.1, -0.05) is 12.2 Å². The molecule has 2 atom stereocenters. The number of rotatable bonds is 1. The molecular weight excluding hydrogens is 200 g/mol. The molecule has 0 saturated carbocycles. The van der Waals surface area contributed by atoms with Crippen LogP contribution in [-0.4, -0.2) is 29.9 Å². The molecule has 1 amide bonds. The highest BCUT2D eigenvalue weighted by molar-refractivity contribution is 5.81. The van der Waals surface area contributed by atoms with Crippen LogP contribution in [-0.2, 0) is 4.79 Å². The molecule has 0 aromatic heterocycles. The van der Waals surface area contributed by atoms with Gasteiger partial charge in [-0.3, -0.25) is 4.79 Å². The van der Waals surface area contributed by atoms with Crippen LogP contribution in [0.25, 0.3) is 0 Å². The number of hydrogen-bond donors (Lipinski definition) is 1. The molecule has 1 fully saturated rings. The Labute approximate surface area is 97.7 Å². The van der Waals surface area contributed by atoms with E-state index in [0.717, 1.165) is 25.9 Å². The zero-order valence-electron chi connectivity index (χ0n) is 10.1. The standard InChI is InChI=1S/C13H22N2O/c1-11(14)12(16)15-9-5-8-13(10-15)6-3-2-4-7-13/h2-3,11H,4-10,14H2,1H3/t11-,13-/m1/s1. The fourth-order valence-electron chi connectivity index (χ4n) is 3.00. The van der Waals surface area contributed by atoms with Crippen molar-refractivity contribution in [3.05, 3.63) is 12.2 Å². The van der Waals surface area contributed by atoms with Gasteiger partial charge < -0.3 is 10.6 Å². The van der Waals surface area contributed by atoms with Gasteiger partial charge in [0, 0.05) is 13.1 Å². The predicted molar refractivity (Wildman–Crippen MR) is 64.9 cm³/mol. The number of nitrogens with zero attached hydrogens (tertiary/aromatic N) is 1. The van der Waals surface area contributed by atoms with Crippen LogP contribution in [0.3, 0.4) is 0 Å². The zero-order chi connectivity index (χ0) is 11.6. The molecule has 2 aliphatic rings. The summed E-state index contributed by atoms with van der Waals surface area (Å²) in [5.74, 6) is 0.119. The van der Waals surface area contributed by atoms with Crippen molar-refractivity contribution >= 4 is 5.91 Å². The summed E-state index contributed by atoms with van der Waals surface area (Å²) in [5, 5.41) is 0. The van der Waals surface area contributed by atoms with Crippen molar-refractivity contribution in [2.45, 2.75) is 45.1 Å².